The van der Waals surface area contributed by atoms with Crippen molar-refractivity contribution in [3.63, 3.8) is 0 Å². The van der Waals surface area contributed by atoms with Gasteiger partial charge in [0.15, 0.2) is 9.84 Å². The van der Waals surface area contributed by atoms with Crippen LogP contribution in [-0.4, -0.2) is 28.1 Å². The van der Waals surface area contributed by atoms with Gasteiger partial charge in [0.2, 0.25) is 5.82 Å². The van der Waals surface area contributed by atoms with E-state index < -0.39 is 21.9 Å². The molecular formula is C19H13F3N4O3S. The van der Waals surface area contributed by atoms with Crippen LogP contribution in [0.4, 0.5) is 13.2 Å². The molecule has 0 fully saturated rings. The second-order valence-electron chi connectivity index (χ2n) is 6.31. The molecule has 0 bridgehead atoms. The first kappa shape index (κ1) is 19.8. The number of rotatable bonds is 5. The summed E-state index contributed by atoms with van der Waals surface area (Å²) >= 11 is 0. The van der Waals surface area contributed by atoms with Gasteiger partial charge in [-0.05, 0) is 36.4 Å². The van der Waals surface area contributed by atoms with E-state index in [0.29, 0.717) is 16.9 Å². The Hall–Kier alpha value is -3.47. The molecule has 2 aromatic carbocycles. The highest BCUT2D eigenvalue weighted by Gasteiger charge is 2.38. The molecule has 4 rings (SSSR count). The summed E-state index contributed by atoms with van der Waals surface area (Å²) in [6.07, 6.45) is -1.68. The van der Waals surface area contributed by atoms with E-state index in [1.165, 1.54) is 30.6 Å². The fourth-order valence-corrected chi connectivity index (χ4v) is 4.00. The summed E-state index contributed by atoms with van der Waals surface area (Å²) < 4.78 is 68.5. The minimum atomic E-state index is -4.71. The van der Waals surface area contributed by atoms with E-state index in [9.17, 15) is 21.6 Å². The van der Waals surface area contributed by atoms with Crippen LogP contribution in [0.2, 0.25) is 0 Å². The number of sulfone groups is 1. The molecule has 0 N–H and O–H groups in total. The number of imidazole rings is 1. The van der Waals surface area contributed by atoms with Gasteiger partial charge in [0.25, 0.3) is 0 Å². The monoisotopic (exact) mass is 434 g/mol. The molecule has 7 nitrogen and oxygen atoms in total. The van der Waals surface area contributed by atoms with Crippen molar-refractivity contribution in [2.45, 2.75) is 16.8 Å². The van der Waals surface area contributed by atoms with Crippen LogP contribution >= 0.6 is 0 Å². The van der Waals surface area contributed by atoms with Crippen molar-refractivity contribution < 1.29 is 26.1 Å². The van der Waals surface area contributed by atoms with Crippen molar-refractivity contribution in [3.8, 4) is 17.1 Å². The lowest BCUT2D eigenvalue weighted by molar-refractivity contribution is -0.159. The lowest BCUT2D eigenvalue weighted by Gasteiger charge is -2.03. The van der Waals surface area contributed by atoms with Gasteiger partial charge in [0.05, 0.1) is 22.7 Å². The third-order valence-electron chi connectivity index (χ3n) is 4.17. The molecule has 2 aromatic heterocycles. The van der Waals surface area contributed by atoms with Crippen LogP contribution < -0.4 is 0 Å². The fourth-order valence-electron chi connectivity index (χ4n) is 2.72. The van der Waals surface area contributed by atoms with Crippen molar-refractivity contribution in [2.75, 3.05) is 0 Å². The first-order chi connectivity index (χ1) is 14.2. The Morgan fingerprint density at radius 1 is 1.00 bits per heavy atom. The van der Waals surface area contributed by atoms with Crippen LogP contribution in [0.1, 0.15) is 11.6 Å². The van der Waals surface area contributed by atoms with E-state index in [2.05, 4.69) is 19.6 Å². The third kappa shape index (κ3) is 4.10. The summed E-state index contributed by atoms with van der Waals surface area (Å²) in [6, 6.07) is 14.4. The molecule has 0 unspecified atom stereocenters. The Balaban J connectivity index is 1.52. The number of nitrogens with zero attached hydrogens (tertiary/aromatic N) is 4. The molecule has 0 amide bonds. The normalized spacial score (nSPS) is 12.2. The largest absolute Gasteiger partial charge is 0.471 e. The van der Waals surface area contributed by atoms with Crippen LogP contribution in [0.5, 0.6) is 0 Å². The zero-order chi connectivity index (χ0) is 21.4. The number of halogens is 3. The van der Waals surface area contributed by atoms with Gasteiger partial charge in [0.1, 0.15) is 0 Å². The number of hydrogen-bond acceptors (Lipinski definition) is 6. The van der Waals surface area contributed by atoms with Gasteiger partial charge in [-0.25, -0.2) is 13.4 Å². The topological polar surface area (TPSA) is 90.9 Å². The maximum absolute atomic E-state index is 12.6. The fraction of sp³-hybridized carbons (Fsp3) is 0.105. The van der Waals surface area contributed by atoms with Crippen LogP contribution in [0.25, 0.3) is 17.1 Å². The van der Waals surface area contributed by atoms with Gasteiger partial charge in [-0.3, -0.25) is 0 Å². The molecule has 0 radical (unpaired) electrons. The summed E-state index contributed by atoms with van der Waals surface area (Å²) in [5, 5.41) is 3.34. The Morgan fingerprint density at radius 3 is 2.33 bits per heavy atom. The number of alkyl halides is 3. The van der Waals surface area contributed by atoms with Crippen LogP contribution in [0.15, 0.2) is 76.5 Å². The highest BCUT2D eigenvalue weighted by atomic mass is 32.2. The van der Waals surface area contributed by atoms with Gasteiger partial charge >= 0.3 is 12.1 Å². The van der Waals surface area contributed by atoms with E-state index in [1.807, 2.05) is 0 Å². The summed E-state index contributed by atoms with van der Waals surface area (Å²) in [5.74, 6) is -1.86. The summed E-state index contributed by atoms with van der Waals surface area (Å²) in [7, 11) is -3.53. The van der Waals surface area contributed by atoms with Crippen molar-refractivity contribution in [2.24, 2.45) is 0 Å². The molecule has 2 heterocycles. The zero-order valence-corrected chi connectivity index (χ0v) is 15.9. The molecule has 0 atom stereocenters. The number of aromatic nitrogens is 4. The summed E-state index contributed by atoms with van der Waals surface area (Å²) in [4.78, 5) is 7.68. The highest BCUT2D eigenvalue weighted by Crippen LogP contribution is 2.29. The smallest absolute Gasteiger partial charge is 0.329 e. The Labute approximate surface area is 168 Å². The van der Waals surface area contributed by atoms with Crippen molar-refractivity contribution in [1.29, 1.82) is 0 Å². The van der Waals surface area contributed by atoms with Gasteiger partial charge in [-0.2, -0.15) is 18.2 Å². The maximum atomic E-state index is 12.6. The molecule has 11 heteroatoms. The third-order valence-corrected chi connectivity index (χ3v) is 5.83. The number of hydrogen-bond donors (Lipinski definition) is 0. The summed E-state index contributed by atoms with van der Waals surface area (Å²) in [6.45, 7) is 0. The minimum Gasteiger partial charge on any atom is -0.329 e. The van der Waals surface area contributed by atoms with E-state index in [-0.39, 0.29) is 16.5 Å². The van der Waals surface area contributed by atoms with Gasteiger partial charge < -0.3 is 9.09 Å². The van der Waals surface area contributed by atoms with Crippen molar-refractivity contribution in [1.82, 2.24) is 19.7 Å². The van der Waals surface area contributed by atoms with Crippen LogP contribution in [-0.2, 0) is 21.8 Å². The molecular weight excluding hydrogens is 421 g/mol. The van der Waals surface area contributed by atoms with E-state index in [0.717, 1.165) is 0 Å². The molecule has 0 aliphatic carbocycles. The van der Waals surface area contributed by atoms with E-state index >= 15 is 0 Å². The van der Waals surface area contributed by atoms with Gasteiger partial charge in [-0.15, -0.1) is 0 Å². The SMILES string of the molecule is O=S(=O)(Cc1cn(-c2ccc(-c3noc(C(F)(F)F)n3)cc2)cn1)c1ccccc1. The van der Waals surface area contributed by atoms with Gasteiger partial charge in [-0.1, -0.05) is 23.4 Å². The molecule has 30 heavy (non-hydrogen) atoms. The van der Waals surface area contributed by atoms with Crippen molar-refractivity contribution >= 4 is 9.84 Å². The van der Waals surface area contributed by atoms with Crippen LogP contribution in [0.3, 0.4) is 0 Å². The second kappa shape index (κ2) is 7.41. The predicted octanol–water partition coefficient (Wildman–Crippen LogP) is 3.92. The Bertz CT molecular complexity index is 1260. The van der Waals surface area contributed by atoms with Crippen LogP contribution in [0, 0.1) is 0 Å². The highest BCUT2D eigenvalue weighted by molar-refractivity contribution is 7.90. The summed E-state index contributed by atoms with van der Waals surface area (Å²) in [5.41, 5.74) is 1.33. The molecule has 0 spiro atoms. The van der Waals surface area contributed by atoms with E-state index in [1.54, 1.807) is 41.1 Å². The molecule has 0 aliphatic heterocycles. The van der Waals surface area contributed by atoms with Gasteiger partial charge in [0, 0.05) is 17.4 Å². The quantitative estimate of drug-likeness (QED) is 0.473. The Kier molecular flexibility index (Phi) is 4.90. The maximum Gasteiger partial charge on any atom is 0.471 e. The average molecular weight is 434 g/mol. The first-order valence-electron chi connectivity index (χ1n) is 8.55. The Morgan fingerprint density at radius 2 is 1.70 bits per heavy atom. The molecule has 0 saturated heterocycles. The number of benzene rings is 2. The molecule has 154 valence electrons. The lowest BCUT2D eigenvalue weighted by atomic mass is 10.2. The lowest BCUT2D eigenvalue weighted by Crippen LogP contribution is -2.05. The second-order valence-corrected chi connectivity index (χ2v) is 8.30. The molecule has 4 aromatic rings. The van der Waals surface area contributed by atoms with Crippen molar-refractivity contribution in [3.05, 3.63) is 78.7 Å². The minimum absolute atomic E-state index is 0.186. The average Bonchev–Trinajstić information content (AvgIpc) is 3.38. The zero-order valence-electron chi connectivity index (χ0n) is 15.1. The standard InChI is InChI=1S/C19H13F3N4O3S/c20-19(21,22)18-24-17(25-29-18)13-6-8-15(9-7-13)26-10-14(23-12-26)11-30(27,28)16-4-2-1-3-5-16/h1-10,12H,11H2. The first-order valence-corrected chi connectivity index (χ1v) is 10.2. The predicted molar refractivity (Wildman–Crippen MR) is 99.2 cm³/mol. The van der Waals surface area contributed by atoms with E-state index in [4.69, 9.17) is 0 Å². The molecule has 0 saturated carbocycles. The molecule has 0 aliphatic rings.